The molecular formula is C14H21ClN2O2S2. The third-order valence-electron chi connectivity index (χ3n) is 3.67. The van der Waals surface area contributed by atoms with Crippen LogP contribution in [0.25, 0.3) is 0 Å². The standard InChI is InChI=1S/C14H21ClN2O2S2/c1-14(2)5-6-17(7-8-20-14)21(18,19)12-3-4-13(15)11(9-12)10-16/h3-4,9H,5-8,10,16H2,1-2H3. The van der Waals surface area contributed by atoms with Gasteiger partial charge in [0.05, 0.1) is 4.90 Å². The summed E-state index contributed by atoms with van der Waals surface area (Å²) < 4.78 is 27.2. The first-order chi connectivity index (χ1) is 9.76. The zero-order chi connectivity index (χ0) is 15.7. The van der Waals surface area contributed by atoms with Crippen molar-refractivity contribution < 1.29 is 8.42 Å². The number of nitrogens with two attached hydrogens (primary N) is 1. The van der Waals surface area contributed by atoms with Crippen molar-refractivity contribution in [2.24, 2.45) is 5.73 Å². The van der Waals surface area contributed by atoms with E-state index in [-0.39, 0.29) is 16.2 Å². The Morgan fingerprint density at radius 2 is 2.10 bits per heavy atom. The van der Waals surface area contributed by atoms with Crippen molar-refractivity contribution in [3.8, 4) is 0 Å². The Labute approximate surface area is 136 Å². The Bertz CT molecular complexity index is 617. The maximum absolute atomic E-state index is 12.8. The van der Waals surface area contributed by atoms with E-state index in [0.717, 1.165) is 12.2 Å². The largest absolute Gasteiger partial charge is 0.326 e. The van der Waals surface area contributed by atoms with Gasteiger partial charge in [-0.1, -0.05) is 25.4 Å². The summed E-state index contributed by atoms with van der Waals surface area (Å²) in [7, 11) is -3.48. The summed E-state index contributed by atoms with van der Waals surface area (Å²) in [6, 6.07) is 4.74. The van der Waals surface area contributed by atoms with E-state index >= 15 is 0 Å². The Morgan fingerprint density at radius 1 is 1.38 bits per heavy atom. The molecule has 21 heavy (non-hydrogen) atoms. The highest BCUT2D eigenvalue weighted by Crippen LogP contribution is 2.32. The van der Waals surface area contributed by atoms with Crippen molar-refractivity contribution in [2.75, 3.05) is 18.8 Å². The maximum atomic E-state index is 12.8. The molecule has 0 unspecified atom stereocenters. The lowest BCUT2D eigenvalue weighted by Crippen LogP contribution is -2.33. The minimum absolute atomic E-state index is 0.118. The normalized spacial score (nSPS) is 20.2. The third kappa shape index (κ3) is 3.93. The molecule has 0 aliphatic carbocycles. The van der Waals surface area contributed by atoms with Crippen LogP contribution in [-0.4, -0.2) is 36.3 Å². The van der Waals surface area contributed by atoms with Gasteiger partial charge in [-0.15, -0.1) is 0 Å². The summed E-state index contributed by atoms with van der Waals surface area (Å²) in [5.41, 5.74) is 6.26. The van der Waals surface area contributed by atoms with Gasteiger partial charge in [-0.05, 0) is 30.2 Å². The lowest BCUT2D eigenvalue weighted by atomic mass is 10.1. The second-order valence-corrected chi connectivity index (χ2v) is 9.87. The van der Waals surface area contributed by atoms with E-state index in [9.17, 15) is 8.42 Å². The Hall–Kier alpha value is -0.270. The van der Waals surface area contributed by atoms with Crippen molar-refractivity contribution in [3.63, 3.8) is 0 Å². The molecule has 4 nitrogen and oxygen atoms in total. The van der Waals surface area contributed by atoms with Crippen molar-refractivity contribution in [3.05, 3.63) is 28.8 Å². The quantitative estimate of drug-likeness (QED) is 0.912. The lowest BCUT2D eigenvalue weighted by molar-refractivity contribution is 0.415. The molecule has 0 amide bonds. The molecule has 1 aliphatic rings. The molecule has 1 heterocycles. The van der Waals surface area contributed by atoms with Gasteiger partial charge >= 0.3 is 0 Å². The summed E-state index contributed by atoms with van der Waals surface area (Å²) in [6.45, 7) is 5.62. The number of hydrogen-bond donors (Lipinski definition) is 1. The molecule has 1 aromatic rings. The minimum atomic E-state index is -3.48. The van der Waals surface area contributed by atoms with E-state index in [0.29, 0.717) is 23.7 Å². The van der Waals surface area contributed by atoms with E-state index in [1.165, 1.54) is 0 Å². The topological polar surface area (TPSA) is 63.4 Å². The van der Waals surface area contributed by atoms with Gasteiger partial charge in [0.1, 0.15) is 0 Å². The molecular weight excluding hydrogens is 328 g/mol. The first kappa shape index (κ1) is 17.1. The summed E-state index contributed by atoms with van der Waals surface area (Å²) in [5, 5.41) is 0.504. The number of benzene rings is 1. The fourth-order valence-corrected chi connectivity index (χ4v) is 5.16. The van der Waals surface area contributed by atoms with E-state index < -0.39 is 10.0 Å². The van der Waals surface area contributed by atoms with Crippen LogP contribution in [0.1, 0.15) is 25.8 Å². The van der Waals surface area contributed by atoms with Gasteiger partial charge in [0.25, 0.3) is 0 Å². The molecule has 0 spiro atoms. The Balaban J connectivity index is 2.29. The SMILES string of the molecule is CC1(C)CCN(S(=O)(=O)c2ccc(Cl)c(CN)c2)CCS1. The Morgan fingerprint density at radius 3 is 2.76 bits per heavy atom. The van der Waals surface area contributed by atoms with Gasteiger partial charge in [-0.25, -0.2) is 8.42 Å². The number of halogens is 1. The number of thioether (sulfide) groups is 1. The minimum Gasteiger partial charge on any atom is -0.326 e. The zero-order valence-corrected chi connectivity index (χ0v) is 14.7. The van der Waals surface area contributed by atoms with Crippen LogP contribution >= 0.6 is 23.4 Å². The summed E-state index contributed by atoms with van der Waals surface area (Å²) in [4.78, 5) is 0.275. The van der Waals surface area contributed by atoms with E-state index in [1.54, 1.807) is 22.5 Å². The molecule has 2 rings (SSSR count). The number of sulfonamides is 1. The number of hydrogen-bond acceptors (Lipinski definition) is 4. The Kier molecular flexibility index (Phi) is 5.26. The van der Waals surface area contributed by atoms with Crippen LogP contribution in [0, 0.1) is 0 Å². The summed E-state index contributed by atoms with van der Waals surface area (Å²) >= 11 is 7.82. The van der Waals surface area contributed by atoms with Crippen LogP contribution in [0.15, 0.2) is 23.1 Å². The molecule has 0 atom stereocenters. The smallest absolute Gasteiger partial charge is 0.243 e. The van der Waals surface area contributed by atoms with Crippen molar-refractivity contribution in [1.29, 1.82) is 0 Å². The predicted molar refractivity (Wildman–Crippen MR) is 89.3 cm³/mol. The maximum Gasteiger partial charge on any atom is 0.243 e. The van der Waals surface area contributed by atoms with Crippen molar-refractivity contribution in [1.82, 2.24) is 4.31 Å². The highest BCUT2D eigenvalue weighted by Gasteiger charge is 2.31. The van der Waals surface area contributed by atoms with Crippen molar-refractivity contribution >= 4 is 33.4 Å². The van der Waals surface area contributed by atoms with Crippen LogP contribution in [0.5, 0.6) is 0 Å². The van der Waals surface area contributed by atoms with Crippen LogP contribution < -0.4 is 5.73 Å². The fourth-order valence-electron chi connectivity index (χ4n) is 2.26. The van der Waals surface area contributed by atoms with Gasteiger partial charge in [-0.2, -0.15) is 16.1 Å². The monoisotopic (exact) mass is 348 g/mol. The molecule has 118 valence electrons. The summed E-state index contributed by atoms with van der Waals surface area (Å²) in [5.74, 6) is 0.809. The molecule has 0 saturated carbocycles. The van der Waals surface area contributed by atoms with Crippen LogP contribution in [0.3, 0.4) is 0 Å². The molecule has 2 N–H and O–H groups in total. The van der Waals surface area contributed by atoms with Crippen LogP contribution in [0.2, 0.25) is 5.02 Å². The van der Waals surface area contributed by atoms with E-state index in [1.807, 2.05) is 11.8 Å². The molecule has 1 fully saturated rings. The van der Waals surface area contributed by atoms with Gasteiger partial charge in [0, 0.05) is 35.2 Å². The average molecular weight is 349 g/mol. The highest BCUT2D eigenvalue weighted by molar-refractivity contribution is 8.00. The van der Waals surface area contributed by atoms with E-state index in [4.69, 9.17) is 17.3 Å². The predicted octanol–water partition coefficient (Wildman–Crippen LogP) is 2.70. The van der Waals surface area contributed by atoms with Crippen LogP contribution in [-0.2, 0) is 16.6 Å². The van der Waals surface area contributed by atoms with Gasteiger partial charge in [0.15, 0.2) is 0 Å². The molecule has 0 aromatic heterocycles. The molecule has 1 aromatic carbocycles. The number of rotatable bonds is 3. The average Bonchev–Trinajstić information content (AvgIpc) is 2.60. The van der Waals surface area contributed by atoms with E-state index in [2.05, 4.69) is 13.8 Å². The molecule has 0 bridgehead atoms. The highest BCUT2D eigenvalue weighted by atomic mass is 35.5. The van der Waals surface area contributed by atoms with Gasteiger partial charge in [0.2, 0.25) is 10.0 Å². The lowest BCUT2D eigenvalue weighted by Gasteiger charge is -2.22. The van der Waals surface area contributed by atoms with Gasteiger partial charge < -0.3 is 5.73 Å². The number of nitrogens with zero attached hydrogens (tertiary/aromatic N) is 1. The van der Waals surface area contributed by atoms with Gasteiger partial charge in [-0.3, -0.25) is 0 Å². The third-order valence-corrected chi connectivity index (χ3v) is 7.31. The first-order valence-electron chi connectivity index (χ1n) is 6.89. The second-order valence-electron chi connectivity index (χ2n) is 5.72. The second kappa shape index (κ2) is 6.46. The van der Waals surface area contributed by atoms with Crippen LogP contribution in [0.4, 0.5) is 0 Å². The molecule has 1 aliphatic heterocycles. The molecule has 1 saturated heterocycles. The molecule has 0 radical (unpaired) electrons. The zero-order valence-electron chi connectivity index (χ0n) is 12.3. The fraction of sp³-hybridized carbons (Fsp3) is 0.571. The van der Waals surface area contributed by atoms with Crippen molar-refractivity contribution in [2.45, 2.75) is 36.5 Å². The molecule has 7 heteroatoms. The first-order valence-corrected chi connectivity index (χ1v) is 9.69. The summed E-state index contributed by atoms with van der Waals surface area (Å²) in [6.07, 6.45) is 0.842.